The lowest BCUT2D eigenvalue weighted by molar-refractivity contribution is 0.0534. The Labute approximate surface area is 225 Å². The van der Waals surface area contributed by atoms with E-state index in [-0.39, 0.29) is 0 Å². The molecule has 0 unspecified atom stereocenters. The van der Waals surface area contributed by atoms with Gasteiger partial charge in [0.25, 0.3) is 0 Å². The average molecular weight is 531 g/mol. The molecule has 2 heterocycles. The summed E-state index contributed by atoms with van der Waals surface area (Å²) in [5, 5.41) is 15.5. The standard InChI is InChI=1S/C28H27ClN6O3/c1-28(2,3)38-27(36)31-12-6-8-20-15-23-25(35(20)4)26(33-17-32-23)34-19-10-11-24(22(29)14-19)37-21-9-5-7-18(13-21)16-30/h5-11,13-15,17H,12H2,1-4H3,(H,31,36)(H,32,33,34). The lowest BCUT2D eigenvalue weighted by Crippen LogP contribution is -2.32. The normalized spacial score (nSPS) is 11.4. The molecule has 194 valence electrons. The molecule has 0 aliphatic rings. The molecule has 0 bridgehead atoms. The number of nitriles is 1. The summed E-state index contributed by atoms with van der Waals surface area (Å²) in [6, 6.07) is 16.2. The summed E-state index contributed by atoms with van der Waals surface area (Å²) >= 11 is 6.49. The van der Waals surface area contributed by atoms with Crippen molar-refractivity contribution in [1.29, 1.82) is 5.26 Å². The maximum atomic E-state index is 11.8. The van der Waals surface area contributed by atoms with Crippen LogP contribution in [0.2, 0.25) is 5.02 Å². The van der Waals surface area contributed by atoms with Crippen molar-refractivity contribution in [2.45, 2.75) is 26.4 Å². The first-order chi connectivity index (χ1) is 18.1. The van der Waals surface area contributed by atoms with Crippen LogP contribution in [0.5, 0.6) is 11.5 Å². The van der Waals surface area contributed by atoms with E-state index in [1.807, 2.05) is 56.7 Å². The molecule has 2 aromatic heterocycles. The van der Waals surface area contributed by atoms with Crippen molar-refractivity contribution in [3.05, 3.63) is 77.2 Å². The molecular formula is C28H27ClN6O3. The second-order valence-corrected chi connectivity index (χ2v) is 9.79. The quantitative estimate of drug-likeness (QED) is 0.278. The van der Waals surface area contributed by atoms with Crippen molar-refractivity contribution in [2.24, 2.45) is 7.05 Å². The third-order valence-electron chi connectivity index (χ3n) is 5.30. The number of hydrogen-bond donors (Lipinski definition) is 2. The molecule has 0 aliphatic heterocycles. The molecule has 0 atom stereocenters. The van der Waals surface area contributed by atoms with Crippen LogP contribution in [-0.4, -0.2) is 32.8 Å². The summed E-state index contributed by atoms with van der Waals surface area (Å²) in [5.74, 6) is 1.59. The van der Waals surface area contributed by atoms with Crippen molar-refractivity contribution < 1.29 is 14.3 Å². The number of nitrogens with one attached hydrogen (secondary N) is 2. The highest BCUT2D eigenvalue weighted by molar-refractivity contribution is 6.32. The fourth-order valence-corrected chi connectivity index (χ4v) is 3.86. The van der Waals surface area contributed by atoms with Crippen molar-refractivity contribution in [3.63, 3.8) is 0 Å². The maximum Gasteiger partial charge on any atom is 0.407 e. The summed E-state index contributed by atoms with van der Waals surface area (Å²) in [4.78, 5) is 20.6. The van der Waals surface area contributed by atoms with Crippen molar-refractivity contribution in [2.75, 3.05) is 11.9 Å². The highest BCUT2D eigenvalue weighted by atomic mass is 35.5. The van der Waals surface area contributed by atoms with Gasteiger partial charge < -0.3 is 24.7 Å². The maximum absolute atomic E-state index is 11.8. The van der Waals surface area contributed by atoms with Crippen LogP contribution < -0.4 is 15.4 Å². The molecule has 0 aliphatic carbocycles. The Kier molecular flexibility index (Phi) is 7.84. The lowest BCUT2D eigenvalue weighted by atomic mass is 10.2. The predicted molar refractivity (Wildman–Crippen MR) is 148 cm³/mol. The van der Waals surface area contributed by atoms with Crippen LogP contribution in [0.4, 0.5) is 16.3 Å². The monoisotopic (exact) mass is 530 g/mol. The van der Waals surface area contributed by atoms with E-state index in [2.05, 4.69) is 26.7 Å². The molecule has 10 heteroatoms. The minimum atomic E-state index is -0.548. The van der Waals surface area contributed by atoms with Crippen molar-refractivity contribution in [1.82, 2.24) is 19.9 Å². The highest BCUT2D eigenvalue weighted by Crippen LogP contribution is 2.34. The molecule has 9 nitrogen and oxygen atoms in total. The second kappa shape index (κ2) is 11.2. The zero-order chi connectivity index (χ0) is 27.3. The van der Waals surface area contributed by atoms with E-state index in [1.54, 1.807) is 36.4 Å². The molecule has 0 spiro atoms. The van der Waals surface area contributed by atoms with Gasteiger partial charge in [-0.1, -0.05) is 23.7 Å². The van der Waals surface area contributed by atoms with E-state index in [0.717, 1.165) is 16.7 Å². The Bertz CT molecular complexity index is 1550. The van der Waals surface area contributed by atoms with Gasteiger partial charge in [0.1, 0.15) is 28.9 Å². The van der Waals surface area contributed by atoms with E-state index in [9.17, 15) is 4.79 Å². The first-order valence-electron chi connectivity index (χ1n) is 11.8. The zero-order valence-electron chi connectivity index (χ0n) is 21.4. The number of nitrogens with zero attached hydrogens (tertiary/aromatic N) is 4. The predicted octanol–water partition coefficient (Wildman–Crippen LogP) is 6.57. The topological polar surface area (TPSA) is 114 Å². The number of rotatable bonds is 7. The van der Waals surface area contributed by atoms with Gasteiger partial charge in [0, 0.05) is 25.0 Å². The van der Waals surface area contributed by atoms with E-state index in [4.69, 9.17) is 26.3 Å². The van der Waals surface area contributed by atoms with Crippen LogP contribution in [0.3, 0.4) is 0 Å². The molecule has 1 amide bonds. The molecule has 2 aromatic carbocycles. The number of aromatic nitrogens is 3. The summed E-state index contributed by atoms with van der Waals surface area (Å²) in [6.07, 6.45) is 4.75. The molecule has 0 saturated carbocycles. The number of halogens is 1. The van der Waals surface area contributed by atoms with Crippen LogP contribution in [0.25, 0.3) is 17.1 Å². The van der Waals surface area contributed by atoms with Crippen LogP contribution in [0, 0.1) is 11.3 Å². The van der Waals surface area contributed by atoms with Gasteiger partial charge in [0.2, 0.25) is 0 Å². The SMILES string of the molecule is Cn1c(C=CCNC(=O)OC(C)(C)C)cc2ncnc(Nc3ccc(Oc4cccc(C#N)c4)c(Cl)c3)c21. The van der Waals surface area contributed by atoms with Crippen molar-refractivity contribution in [3.8, 4) is 17.6 Å². The Morgan fingerprint density at radius 3 is 2.74 bits per heavy atom. The van der Waals surface area contributed by atoms with Crippen LogP contribution in [0.1, 0.15) is 32.0 Å². The first kappa shape index (κ1) is 26.5. The van der Waals surface area contributed by atoms with Crippen LogP contribution in [-0.2, 0) is 11.8 Å². The van der Waals surface area contributed by atoms with Gasteiger partial charge in [-0.25, -0.2) is 14.8 Å². The number of ether oxygens (including phenoxy) is 2. The van der Waals surface area contributed by atoms with Gasteiger partial charge in [-0.05, 0) is 69.3 Å². The fourth-order valence-electron chi connectivity index (χ4n) is 3.64. The molecule has 4 aromatic rings. The van der Waals surface area contributed by atoms with Crippen molar-refractivity contribution >= 4 is 46.3 Å². The molecule has 2 N–H and O–H groups in total. The second-order valence-electron chi connectivity index (χ2n) is 9.38. The summed E-state index contributed by atoms with van der Waals surface area (Å²) < 4.78 is 13.1. The average Bonchev–Trinajstić information content (AvgIpc) is 3.19. The van der Waals surface area contributed by atoms with Gasteiger partial charge >= 0.3 is 6.09 Å². The number of benzene rings is 2. The number of anilines is 2. The molecule has 0 saturated heterocycles. The summed E-state index contributed by atoms with van der Waals surface area (Å²) in [5.41, 5.74) is 3.11. The van der Waals surface area contributed by atoms with Gasteiger partial charge in [-0.15, -0.1) is 0 Å². The summed E-state index contributed by atoms with van der Waals surface area (Å²) in [7, 11) is 1.91. The number of amides is 1. The third-order valence-corrected chi connectivity index (χ3v) is 5.59. The summed E-state index contributed by atoms with van der Waals surface area (Å²) in [6.45, 7) is 5.77. The number of carbonyl (C=O) groups is 1. The van der Waals surface area contributed by atoms with Gasteiger partial charge in [-0.3, -0.25) is 0 Å². The number of fused-ring (bicyclic) bond motifs is 1. The molecular weight excluding hydrogens is 504 g/mol. The van der Waals surface area contributed by atoms with Crippen LogP contribution >= 0.6 is 11.6 Å². The zero-order valence-corrected chi connectivity index (χ0v) is 22.2. The Balaban J connectivity index is 1.48. The molecule has 0 fully saturated rings. The van der Waals surface area contributed by atoms with Gasteiger partial charge in [0.15, 0.2) is 5.82 Å². The Morgan fingerprint density at radius 2 is 2.00 bits per heavy atom. The highest BCUT2D eigenvalue weighted by Gasteiger charge is 2.15. The smallest absolute Gasteiger partial charge is 0.407 e. The number of carbonyl (C=O) groups excluding carboxylic acids is 1. The first-order valence-corrected chi connectivity index (χ1v) is 12.2. The lowest BCUT2D eigenvalue weighted by Gasteiger charge is -2.19. The minimum absolute atomic E-state index is 0.320. The fraction of sp³-hybridized carbons (Fsp3) is 0.214. The molecule has 4 rings (SSSR count). The van der Waals surface area contributed by atoms with Gasteiger partial charge in [-0.2, -0.15) is 5.26 Å². The number of hydrogen-bond acceptors (Lipinski definition) is 7. The van der Waals surface area contributed by atoms with E-state index in [0.29, 0.717) is 40.1 Å². The largest absolute Gasteiger partial charge is 0.456 e. The molecule has 0 radical (unpaired) electrons. The third kappa shape index (κ3) is 6.60. The van der Waals surface area contributed by atoms with E-state index < -0.39 is 11.7 Å². The minimum Gasteiger partial charge on any atom is -0.456 e. The van der Waals surface area contributed by atoms with E-state index in [1.165, 1.54) is 6.33 Å². The van der Waals surface area contributed by atoms with Gasteiger partial charge in [0.05, 0.1) is 22.2 Å². The number of alkyl carbamates (subject to hydrolysis) is 1. The molecule has 38 heavy (non-hydrogen) atoms. The van der Waals surface area contributed by atoms with E-state index >= 15 is 0 Å². The van der Waals surface area contributed by atoms with Crippen LogP contribution in [0.15, 0.2) is 60.9 Å². The Morgan fingerprint density at radius 1 is 1.18 bits per heavy atom. The number of aryl methyl sites for hydroxylation is 1. The Hall–Kier alpha value is -4.55.